The molecule has 0 fully saturated rings. The SMILES string of the molecule is COCCc1ccc(OCc2cn3cc(C)ccc3n2)cc1. The highest BCUT2D eigenvalue weighted by molar-refractivity contribution is 5.41. The van der Waals surface area contributed by atoms with Gasteiger partial charge >= 0.3 is 0 Å². The number of aryl methyl sites for hydroxylation is 1. The van der Waals surface area contributed by atoms with Crippen LogP contribution < -0.4 is 4.74 Å². The minimum Gasteiger partial charge on any atom is -0.487 e. The summed E-state index contributed by atoms with van der Waals surface area (Å²) in [4.78, 5) is 4.55. The van der Waals surface area contributed by atoms with Gasteiger partial charge in [-0.05, 0) is 42.7 Å². The first-order valence-electron chi connectivity index (χ1n) is 7.39. The standard InChI is InChI=1S/C18H20N2O2/c1-14-3-8-18-19-16(12-20(18)11-14)13-22-17-6-4-15(5-7-17)9-10-21-2/h3-8,11-12H,9-10,13H2,1-2H3. The van der Waals surface area contributed by atoms with Gasteiger partial charge in [0.15, 0.2) is 0 Å². The number of aromatic nitrogens is 2. The second kappa shape index (κ2) is 6.62. The predicted molar refractivity (Wildman–Crippen MR) is 86.3 cm³/mol. The molecule has 114 valence electrons. The minimum absolute atomic E-state index is 0.470. The third-order valence-corrected chi connectivity index (χ3v) is 3.55. The van der Waals surface area contributed by atoms with Crippen molar-refractivity contribution in [2.75, 3.05) is 13.7 Å². The quantitative estimate of drug-likeness (QED) is 0.699. The van der Waals surface area contributed by atoms with Gasteiger partial charge in [-0.15, -0.1) is 0 Å². The fourth-order valence-corrected chi connectivity index (χ4v) is 2.35. The second-order valence-electron chi connectivity index (χ2n) is 5.38. The maximum atomic E-state index is 5.80. The van der Waals surface area contributed by atoms with E-state index in [1.165, 1.54) is 11.1 Å². The molecule has 0 aliphatic heterocycles. The Balaban J connectivity index is 1.63. The lowest BCUT2D eigenvalue weighted by molar-refractivity contribution is 0.202. The van der Waals surface area contributed by atoms with Crippen LogP contribution in [0.5, 0.6) is 5.75 Å². The highest BCUT2D eigenvalue weighted by Gasteiger charge is 2.03. The Labute approximate surface area is 130 Å². The van der Waals surface area contributed by atoms with Gasteiger partial charge in [-0.25, -0.2) is 4.98 Å². The highest BCUT2D eigenvalue weighted by atomic mass is 16.5. The van der Waals surface area contributed by atoms with E-state index in [1.54, 1.807) is 7.11 Å². The number of hydrogen-bond donors (Lipinski definition) is 0. The normalized spacial score (nSPS) is 11.0. The molecule has 0 unspecified atom stereocenters. The van der Waals surface area contributed by atoms with Gasteiger partial charge in [-0.3, -0.25) is 0 Å². The van der Waals surface area contributed by atoms with Crippen molar-refractivity contribution in [2.24, 2.45) is 0 Å². The van der Waals surface area contributed by atoms with Gasteiger partial charge in [0, 0.05) is 19.5 Å². The van der Waals surface area contributed by atoms with Crippen LogP contribution in [-0.4, -0.2) is 23.1 Å². The number of ether oxygens (including phenoxy) is 2. The number of methoxy groups -OCH3 is 1. The van der Waals surface area contributed by atoms with Crippen molar-refractivity contribution in [1.82, 2.24) is 9.38 Å². The number of nitrogens with zero attached hydrogens (tertiary/aromatic N) is 2. The smallest absolute Gasteiger partial charge is 0.137 e. The van der Waals surface area contributed by atoms with Crippen LogP contribution in [0.15, 0.2) is 48.8 Å². The molecule has 0 atom stereocenters. The molecular formula is C18H20N2O2. The zero-order chi connectivity index (χ0) is 15.4. The topological polar surface area (TPSA) is 35.8 Å². The van der Waals surface area contributed by atoms with Gasteiger partial charge in [0.2, 0.25) is 0 Å². The molecule has 0 radical (unpaired) electrons. The fraction of sp³-hybridized carbons (Fsp3) is 0.278. The Hall–Kier alpha value is -2.33. The average molecular weight is 296 g/mol. The van der Waals surface area contributed by atoms with E-state index in [9.17, 15) is 0 Å². The molecular weight excluding hydrogens is 276 g/mol. The van der Waals surface area contributed by atoms with Crippen LogP contribution in [0.3, 0.4) is 0 Å². The Bertz CT molecular complexity index is 747. The summed E-state index contributed by atoms with van der Waals surface area (Å²) >= 11 is 0. The van der Waals surface area contributed by atoms with Crippen LogP contribution >= 0.6 is 0 Å². The molecule has 0 bridgehead atoms. The summed E-state index contributed by atoms with van der Waals surface area (Å²) < 4.78 is 12.9. The summed E-state index contributed by atoms with van der Waals surface area (Å²) in [6.45, 7) is 3.28. The third-order valence-electron chi connectivity index (χ3n) is 3.55. The van der Waals surface area contributed by atoms with Crippen molar-refractivity contribution in [3.63, 3.8) is 0 Å². The van der Waals surface area contributed by atoms with E-state index in [0.717, 1.165) is 30.1 Å². The Morgan fingerprint density at radius 1 is 1.05 bits per heavy atom. The van der Waals surface area contributed by atoms with E-state index < -0.39 is 0 Å². The maximum Gasteiger partial charge on any atom is 0.137 e. The summed E-state index contributed by atoms with van der Waals surface area (Å²) in [5.41, 5.74) is 4.33. The largest absolute Gasteiger partial charge is 0.487 e. The lowest BCUT2D eigenvalue weighted by Crippen LogP contribution is -1.97. The molecule has 0 saturated heterocycles. The molecule has 2 heterocycles. The number of pyridine rings is 1. The van der Waals surface area contributed by atoms with Crippen LogP contribution in [0.2, 0.25) is 0 Å². The molecule has 4 heteroatoms. The van der Waals surface area contributed by atoms with Crippen LogP contribution in [0.1, 0.15) is 16.8 Å². The molecule has 3 aromatic rings. The summed E-state index contributed by atoms with van der Waals surface area (Å²) in [5, 5.41) is 0. The highest BCUT2D eigenvalue weighted by Crippen LogP contribution is 2.15. The van der Waals surface area contributed by atoms with Gasteiger partial charge in [-0.2, -0.15) is 0 Å². The van der Waals surface area contributed by atoms with Crippen molar-refractivity contribution in [2.45, 2.75) is 20.0 Å². The number of benzene rings is 1. The second-order valence-corrected chi connectivity index (χ2v) is 5.38. The summed E-state index contributed by atoms with van der Waals surface area (Å²) in [6, 6.07) is 12.2. The van der Waals surface area contributed by atoms with Gasteiger partial charge < -0.3 is 13.9 Å². The van der Waals surface area contributed by atoms with Crippen LogP contribution in [-0.2, 0) is 17.8 Å². The Morgan fingerprint density at radius 3 is 2.64 bits per heavy atom. The molecule has 0 spiro atoms. The van der Waals surface area contributed by atoms with E-state index in [-0.39, 0.29) is 0 Å². The Kier molecular flexibility index (Phi) is 4.39. The number of hydrogen-bond acceptors (Lipinski definition) is 3. The van der Waals surface area contributed by atoms with Gasteiger partial charge in [0.25, 0.3) is 0 Å². The predicted octanol–water partition coefficient (Wildman–Crippen LogP) is 3.41. The zero-order valence-electron chi connectivity index (χ0n) is 13.0. The van der Waals surface area contributed by atoms with Crippen LogP contribution in [0.25, 0.3) is 5.65 Å². The summed E-state index contributed by atoms with van der Waals surface area (Å²) in [6.07, 6.45) is 4.99. The van der Waals surface area contributed by atoms with Gasteiger partial charge in [0.05, 0.1) is 12.3 Å². The number of imidazole rings is 1. The lowest BCUT2D eigenvalue weighted by Gasteiger charge is -2.05. The van der Waals surface area contributed by atoms with E-state index in [2.05, 4.69) is 36.3 Å². The molecule has 1 aromatic carbocycles. The van der Waals surface area contributed by atoms with Crippen LogP contribution in [0, 0.1) is 6.92 Å². The van der Waals surface area contributed by atoms with Crippen LogP contribution in [0.4, 0.5) is 0 Å². The van der Waals surface area contributed by atoms with Gasteiger partial charge in [0.1, 0.15) is 18.0 Å². The molecule has 0 N–H and O–H groups in total. The maximum absolute atomic E-state index is 5.80. The molecule has 22 heavy (non-hydrogen) atoms. The fourth-order valence-electron chi connectivity index (χ4n) is 2.35. The van der Waals surface area contributed by atoms with Crippen molar-refractivity contribution in [1.29, 1.82) is 0 Å². The molecule has 3 rings (SSSR count). The van der Waals surface area contributed by atoms with Gasteiger partial charge in [-0.1, -0.05) is 18.2 Å². The first-order valence-corrected chi connectivity index (χ1v) is 7.39. The van der Waals surface area contributed by atoms with Crippen molar-refractivity contribution >= 4 is 5.65 Å². The van der Waals surface area contributed by atoms with E-state index in [4.69, 9.17) is 9.47 Å². The van der Waals surface area contributed by atoms with E-state index in [1.807, 2.05) is 28.8 Å². The first-order chi connectivity index (χ1) is 10.7. The Morgan fingerprint density at radius 2 is 1.86 bits per heavy atom. The molecule has 0 aliphatic carbocycles. The minimum atomic E-state index is 0.470. The van der Waals surface area contributed by atoms with Crippen molar-refractivity contribution < 1.29 is 9.47 Å². The van der Waals surface area contributed by atoms with E-state index in [0.29, 0.717) is 6.61 Å². The summed E-state index contributed by atoms with van der Waals surface area (Å²) in [5.74, 6) is 0.856. The summed E-state index contributed by atoms with van der Waals surface area (Å²) in [7, 11) is 1.72. The molecule has 0 saturated carbocycles. The zero-order valence-corrected chi connectivity index (χ0v) is 13.0. The number of fused-ring (bicyclic) bond motifs is 1. The van der Waals surface area contributed by atoms with E-state index >= 15 is 0 Å². The molecule has 4 nitrogen and oxygen atoms in total. The third kappa shape index (κ3) is 3.46. The monoisotopic (exact) mass is 296 g/mol. The molecule has 0 amide bonds. The van der Waals surface area contributed by atoms with Crippen molar-refractivity contribution in [3.8, 4) is 5.75 Å². The van der Waals surface area contributed by atoms with Crippen molar-refractivity contribution in [3.05, 3.63) is 65.6 Å². The first kappa shape index (κ1) is 14.6. The average Bonchev–Trinajstić information content (AvgIpc) is 2.94. The molecule has 0 aliphatic rings. The molecule has 2 aromatic heterocycles. The number of rotatable bonds is 6. The lowest BCUT2D eigenvalue weighted by atomic mass is 10.1.